The SMILES string of the molecule is N#C/C(C(N)=O)=C1\S[C@@H](Cc2ccccc2)C(=O)N1c1ccc(F)cc1. The summed E-state index contributed by atoms with van der Waals surface area (Å²) in [5.74, 6) is -1.64. The van der Waals surface area contributed by atoms with E-state index in [0.717, 1.165) is 17.3 Å². The molecule has 2 aromatic carbocycles. The lowest BCUT2D eigenvalue weighted by atomic mass is 10.1. The van der Waals surface area contributed by atoms with Crippen molar-refractivity contribution in [2.45, 2.75) is 11.7 Å². The number of carbonyl (C=O) groups excluding carboxylic acids is 2. The third-order valence-corrected chi connectivity index (χ3v) is 5.14. The van der Waals surface area contributed by atoms with Gasteiger partial charge in [0.15, 0.2) is 0 Å². The first-order valence-electron chi connectivity index (χ1n) is 7.75. The van der Waals surface area contributed by atoms with Crippen molar-refractivity contribution in [1.29, 1.82) is 5.26 Å². The van der Waals surface area contributed by atoms with Crippen LogP contribution in [0.5, 0.6) is 0 Å². The van der Waals surface area contributed by atoms with E-state index in [1.165, 1.54) is 29.2 Å². The van der Waals surface area contributed by atoms with Gasteiger partial charge in [-0.3, -0.25) is 14.5 Å². The molecule has 130 valence electrons. The standard InChI is InChI=1S/C19H14FN3O2S/c20-13-6-8-14(9-7-13)23-18(25)16(10-12-4-2-1-3-5-12)26-19(23)15(11-21)17(22)24/h1-9,16H,10H2,(H2,22,24)/b19-15+/t16-/m0/s1. The molecule has 7 heteroatoms. The number of benzene rings is 2. The smallest absolute Gasteiger partial charge is 0.262 e. The minimum atomic E-state index is -0.907. The number of nitrogens with zero attached hydrogens (tertiary/aromatic N) is 2. The Kier molecular flexibility index (Phi) is 5.05. The van der Waals surface area contributed by atoms with Crippen LogP contribution in [-0.2, 0) is 16.0 Å². The summed E-state index contributed by atoms with van der Waals surface area (Å²) in [6, 6.07) is 16.5. The summed E-state index contributed by atoms with van der Waals surface area (Å²) in [7, 11) is 0. The second-order valence-corrected chi connectivity index (χ2v) is 6.79. The van der Waals surface area contributed by atoms with Crippen LogP contribution in [0, 0.1) is 17.1 Å². The molecular formula is C19H14FN3O2S. The van der Waals surface area contributed by atoms with E-state index in [2.05, 4.69) is 0 Å². The molecule has 0 unspecified atom stereocenters. The normalized spacial score (nSPS) is 18.5. The molecule has 1 atom stereocenters. The van der Waals surface area contributed by atoms with Crippen molar-refractivity contribution in [3.05, 3.63) is 76.6 Å². The van der Waals surface area contributed by atoms with Gasteiger partial charge in [0.1, 0.15) is 22.5 Å². The van der Waals surface area contributed by atoms with Gasteiger partial charge in [-0.25, -0.2) is 4.39 Å². The van der Waals surface area contributed by atoms with Crippen LogP contribution >= 0.6 is 11.8 Å². The average Bonchev–Trinajstić information content (AvgIpc) is 2.93. The fourth-order valence-electron chi connectivity index (χ4n) is 2.65. The number of amides is 2. The predicted molar refractivity (Wildman–Crippen MR) is 97.2 cm³/mol. The van der Waals surface area contributed by atoms with Gasteiger partial charge in [-0.05, 0) is 36.2 Å². The molecule has 5 nitrogen and oxygen atoms in total. The van der Waals surface area contributed by atoms with Gasteiger partial charge in [0.05, 0.1) is 5.25 Å². The Balaban J connectivity index is 2.03. The van der Waals surface area contributed by atoms with Crippen LogP contribution < -0.4 is 10.6 Å². The number of halogens is 1. The molecule has 1 aliphatic heterocycles. The lowest BCUT2D eigenvalue weighted by Gasteiger charge is -2.18. The van der Waals surface area contributed by atoms with Crippen molar-refractivity contribution >= 4 is 29.3 Å². The lowest BCUT2D eigenvalue weighted by Crippen LogP contribution is -2.31. The van der Waals surface area contributed by atoms with Crippen LogP contribution in [0.4, 0.5) is 10.1 Å². The van der Waals surface area contributed by atoms with Crippen molar-refractivity contribution in [2.24, 2.45) is 5.73 Å². The van der Waals surface area contributed by atoms with E-state index in [1.54, 1.807) is 6.07 Å². The van der Waals surface area contributed by atoms with E-state index in [4.69, 9.17) is 5.73 Å². The summed E-state index contributed by atoms with van der Waals surface area (Å²) in [5, 5.41) is 8.97. The molecular weight excluding hydrogens is 353 g/mol. The number of primary amides is 1. The Labute approximate surface area is 153 Å². The quantitative estimate of drug-likeness (QED) is 0.665. The maximum Gasteiger partial charge on any atom is 0.262 e. The van der Waals surface area contributed by atoms with E-state index in [-0.39, 0.29) is 16.5 Å². The summed E-state index contributed by atoms with van der Waals surface area (Å²) >= 11 is 1.12. The fraction of sp³-hybridized carbons (Fsp3) is 0.105. The maximum absolute atomic E-state index is 13.2. The molecule has 2 N–H and O–H groups in total. The molecule has 0 aliphatic carbocycles. The highest BCUT2D eigenvalue weighted by Crippen LogP contribution is 2.41. The summed E-state index contributed by atoms with van der Waals surface area (Å²) in [6.07, 6.45) is 0.434. The van der Waals surface area contributed by atoms with Crippen molar-refractivity contribution in [3.63, 3.8) is 0 Å². The maximum atomic E-state index is 13.2. The van der Waals surface area contributed by atoms with Gasteiger partial charge in [-0.1, -0.05) is 42.1 Å². The zero-order valence-corrected chi connectivity index (χ0v) is 14.4. The minimum Gasteiger partial charge on any atom is -0.365 e. The van der Waals surface area contributed by atoms with Gasteiger partial charge in [-0.15, -0.1) is 0 Å². The third-order valence-electron chi connectivity index (χ3n) is 3.87. The topological polar surface area (TPSA) is 87.2 Å². The lowest BCUT2D eigenvalue weighted by molar-refractivity contribution is -0.117. The fourth-order valence-corrected chi connectivity index (χ4v) is 3.97. The molecule has 2 aromatic rings. The Bertz CT molecular complexity index is 920. The molecule has 3 rings (SSSR count). The van der Waals surface area contributed by atoms with Gasteiger partial charge in [0.2, 0.25) is 5.91 Å². The van der Waals surface area contributed by atoms with Crippen molar-refractivity contribution < 1.29 is 14.0 Å². The number of anilines is 1. The summed E-state index contributed by atoms with van der Waals surface area (Å²) in [6.45, 7) is 0. The molecule has 0 bridgehead atoms. The summed E-state index contributed by atoms with van der Waals surface area (Å²) in [4.78, 5) is 25.9. The van der Waals surface area contributed by atoms with Gasteiger partial charge in [-0.2, -0.15) is 5.26 Å². The molecule has 2 amide bonds. The molecule has 1 fully saturated rings. The molecule has 0 radical (unpaired) electrons. The highest BCUT2D eigenvalue weighted by Gasteiger charge is 2.40. The Hall–Kier alpha value is -3.11. The highest BCUT2D eigenvalue weighted by atomic mass is 32.2. The zero-order chi connectivity index (χ0) is 18.7. The van der Waals surface area contributed by atoms with Crippen molar-refractivity contribution in [1.82, 2.24) is 0 Å². The van der Waals surface area contributed by atoms with Crippen LogP contribution in [0.2, 0.25) is 0 Å². The van der Waals surface area contributed by atoms with E-state index in [0.29, 0.717) is 12.1 Å². The Morgan fingerprint density at radius 2 is 1.85 bits per heavy atom. The van der Waals surface area contributed by atoms with Crippen LogP contribution in [0.1, 0.15) is 5.56 Å². The van der Waals surface area contributed by atoms with Crippen molar-refractivity contribution in [3.8, 4) is 6.07 Å². The molecule has 1 aliphatic rings. The summed E-state index contributed by atoms with van der Waals surface area (Å²) < 4.78 is 13.2. The number of hydrogen-bond acceptors (Lipinski definition) is 4. The monoisotopic (exact) mass is 367 g/mol. The van der Waals surface area contributed by atoms with E-state index in [9.17, 15) is 19.2 Å². The Morgan fingerprint density at radius 1 is 1.19 bits per heavy atom. The number of nitrogens with two attached hydrogens (primary N) is 1. The number of thioether (sulfide) groups is 1. The van der Waals surface area contributed by atoms with E-state index < -0.39 is 17.0 Å². The predicted octanol–water partition coefficient (Wildman–Crippen LogP) is 2.74. The first-order chi connectivity index (χ1) is 12.5. The van der Waals surface area contributed by atoms with Crippen LogP contribution in [0.3, 0.4) is 0 Å². The zero-order valence-electron chi connectivity index (χ0n) is 13.6. The van der Waals surface area contributed by atoms with E-state index >= 15 is 0 Å². The van der Waals surface area contributed by atoms with Crippen LogP contribution in [-0.4, -0.2) is 17.1 Å². The molecule has 1 saturated heterocycles. The Morgan fingerprint density at radius 3 is 2.42 bits per heavy atom. The first kappa shape index (κ1) is 17.7. The highest BCUT2D eigenvalue weighted by molar-refractivity contribution is 8.05. The molecule has 0 spiro atoms. The molecule has 0 saturated carbocycles. The van der Waals surface area contributed by atoms with Gasteiger partial charge in [0, 0.05) is 5.69 Å². The van der Waals surface area contributed by atoms with Gasteiger partial charge in [0.25, 0.3) is 5.91 Å². The molecule has 26 heavy (non-hydrogen) atoms. The number of nitriles is 1. The average molecular weight is 367 g/mol. The second kappa shape index (κ2) is 7.42. The first-order valence-corrected chi connectivity index (χ1v) is 8.63. The number of carbonyl (C=O) groups is 2. The number of rotatable bonds is 4. The molecule has 1 heterocycles. The largest absolute Gasteiger partial charge is 0.365 e. The minimum absolute atomic E-state index is 0.178. The second-order valence-electron chi connectivity index (χ2n) is 5.60. The van der Waals surface area contributed by atoms with Crippen LogP contribution in [0.25, 0.3) is 0 Å². The molecule has 0 aromatic heterocycles. The van der Waals surface area contributed by atoms with E-state index in [1.807, 2.05) is 30.3 Å². The van der Waals surface area contributed by atoms with Gasteiger partial charge < -0.3 is 5.73 Å². The summed E-state index contributed by atoms with van der Waals surface area (Å²) in [5.41, 5.74) is 6.35. The van der Waals surface area contributed by atoms with Crippen molar-refractivity contribution in [2.75, 3.05) is 4.90 Å². The third kappa shape index (κ3) is 3.46. The number of hydrogen-bond donors (Lipinski definition) is 1. The van der Waals surface area contributed by atoms with Crippen LogP contribution in [0.15, 0.2) is 65.2 Å². The van der Waals surface area contributed by atoms with Gasteiger partial charge >= 0.3 is 0 Å².